The van der Waals surface area contributed by atoms with Crippen LogP contribution in [0.25, 0.3) is 0 Å². The van der Waals surface area contributed by atoms with Crippen molar-refractivity contribution in [1.82, 2.24) is 0 Å². The molecule has 0 radical (unpaired) electrons. The maximum absolute atomic E-state index is 12.4. The molecule has 0 heterocycles. The van der Waals surface area contributed by atoms with Crippen LogP contribution in [0.5, 0.6) is 0 Å². The molecule has 0 unspecified atom stereocenters. The second-order valence-corrected chi connectivity index (χ2v) is 9.34. The maximum atomic E-state index is 12.4. The van der Waals surface area contributed by atoms with Gasteiger partial charge in [0.25, 0.3) is 0 Å². The minimum absolute atomic E-state index is 0.175. The first-order valence-corrected chi connectivity index (χ1v) is 10.4. The van der Waals surface area contributed by atoms with E-state index in [4.69, 9.17) is 0 Å². The highest BCUT2D eigenvalue weighted by molar-refractivity contribution is 8.04. The van der Waals surface area contributed by atoms with Crippen LogP contribution in [0, 0.1) is 5.92 Å². The van der Waals surface area contributed by atoms with Crippen LogP contribution >= 0.6 is 11.8 Å². The standard InChI is InChI=1S/C23H36OS/c1-13(2)17(9)22(18(10)24)25-23-20(15(5)6)11-19(14(3)4)12-21(23)16(7)8/h11-16H,1-10H3/b22-17-. The number of carbonyl (C=O) groups is 1. The van der Waals surface area contributed by atoms with E-state index in [1.54, 1.807) is 18.7 Å². The quantitative estimate of drug-likeness (QED) is 0.366. The number of rotatable bonds is 7. The fraction of sp³-hybridized carbons (Fsp3) is 0.609. The Morgan fingerprint density at radius 2 is 1.24 bits per heavy atom. The van der Waals surface area contributed by atoms with Gasteiger partial charge in [0, 0.05) is 4.90 Å². The van der Waals surface area contributed by atoms with Crippen molar-refractivity contribution in [3.63, 3.8) is 0 Å². The molecule has 0 aromatic heterocycles. The molecule has 2 heteroatoms. The van der Waals surface area contributed by atoms with Crippen LogP contribution in [0.1, 0.15) is 104 Å². The molecule has 0 aliphatic rings. The average Bonchev–Trinajstić information content (AvgIpc) is 2.50. The first-order valence-electron chi connectivity index (χ1n) is 9.54. The van der Waals surface area contributed by atoms with Gasteiger partial charge in [-0.2, -0.15) is 0 Å². The van der Waals surface area contributed by atoms with Crippen molar-refractivity contribution in [2.45, 2.75) is 91.9 Å². The summed E-state index contributed by atoms with van der Waals surface area (Å²) in [5, 5.41) is 0. The molecule has 1 aromatic rings. The number of thioether (sulfide) groups is 1. The van der Waals surface area contributed by atoms with Crippen molar-refractivity contribution < 1.29 is 4.79 Å². The molecule has 0 fully saturated rings. The highest BCUT2D eigenvalue weighted by Crippen LogP contribution is 2.42. The number of ketones is 1. The molecule has 0 aliphatic heterocycles. The van der Waals surface area contributed by atoms with E-state index in [9.17, 15) is 4.79 Å². The summed E-state index contributed by atoms with van der Waals surface area (Å²) < 4.78 is 0. The van der Waals surface area contributed by atoms with Crippen LogP contribution in [-0.4, -0.2) is 5.78 Å². The monoisotopic (exact) mass is 360 g/mol. The molecule has 0 amide bonds. The average molecular weight is 361 g/mol. The van der Waals surface area contributed by atoms with Crippen LogP contribution in [0.15, 0.2) is 27.5 Å². The van der Waals surface area contributed by atoms with Gasteiger partial charge < -0.3 is 0 Å². The zero-order chi connectivity index (χ0) is 19.5. The molecular formula is C23H36OS. The van der Waals surface area contributed by atoms with Gasteiger partial charge in [0.1, 0.15) is 0 Å². The van der Waals surface area contributed by atoms with E-state index < -0.39 is 0 Å². The molecule has 0 spiro atoms. The lowest BCUT2D eigenvalue weighted by molar-refractivity contribution is -0.113. The summed E-state index contributed by atoms with van der Waals surface area (Å²) in [5.41, 5.74) is 5.32. The molecule has 0 saturated carbocycles. The first kappa shape index (κ1) is 22.0. The zero-order valence-corrected chi connectivity index (χ0v) is 18.6. The van der Waals surface area contributed by atoms with Gasteiger partial charge in [-0.1, -0.05) is 84.9 Å². The molecule has 0 aliphatic carbocycles. The number of allylic oxidation sites excluding steroid dienone is 2. The Balaban J connectivity index is 3.66. The summed E-state index contributed by atoms with van der Waals surface area (Å²) >= 11 is 1.69. The van der Waals surface area contributed by atoms with Crippen molar-refractivity contribution in [3.05, 3.63) is 39.3 Å². The van der Waals surface area contributed by atoms with E-state index >= 15 is 0 Å². The lowest BCUT2D eigenvalue weighted by Gasteiger charge is -2.23. The van der Waals surface area contributed by atoms with E-state index in [1.807, 2.05) is 0 Å². The molecule has 0 atom stereocenters. The van der Waals surface area contributed by atoms with Gasteiger partial charge in [-0.05, 0) is 54.2 Å². The molecule has 0 saturated heterocycles. The highest BCUT2D eigenvalue weighted by atomic mass is 32.2. The number of hydrogen-bond donors (Lipinski definition) is 0. The van der Waals surface area contributed by atoms with Gasteiger partial charge >= 0.3 is 0 Å². The van der Waals surface area contributed by atoms with E-state index in [-0.39, 0.29) is 5.78 Å². The molecule has 0 N–H and O–H groups in total. The smallest absolute Gasteiger partial charge is 0.166 e. The third-order valence-electron chi connectivity index (χ3n) is 4.83. The summed E-state index contributed by atoms with van der Waals surface area (Å²) in [4.78, 5) is 14.6. The normalized spacial score (nSPS) is 13.2. The van der Waals surface area contributed by atoms with E-state index in [1.165, 1.54) is 27.2 Å². The summed E-state index contributed by atoms with van der Waals surface area (Å²) in [5.74, 6) is 1.94. The van der Waals surface area contributed by atoms with Crippen molar-refractivity contribution in [1.29, 1.82) is 0 Å². The van der Waals surface area contributed by atoms with Crippen LogP contribution in [0.2, 0.25) is 0 Å². The number of hydrogen-bond acceptors (Lipinski definition) is 2. The predicted octanol–water partition coefficient (Wildman–Crippen LogP) is 7.67. The van der Waals surface area contributed by atoms with Crippen molar-refractivity contribution in [2.75, 3.05) is 0 Å². The molecule has 1 rings (SSSR count). The Hall–Kier alpha value is -1.02. The fourth-order valence-electron chi connectivity index (χ4n) is 2.80. The second kappa shape index (κ2) is 9.07. The van der Waals surface area contributed by atoms with Crippen molar-refractivity contribution in [3.8, 4) is 0 Å². The Labute approximate surface area is 159 Å². The van der Waals surface area contributed by atoms with Crippen LogP contribution in [0.3, 0.4) is 0 Å². The molecule has 25 heavy (non-hydrogen) atoms. The van der Waals surface area contributed by atoms with Crippen LogP contribution in [0.4, 0.5) is 0 Å². The molecule has 1 nitrogen and oxygen atoms in total. The zero-order valence-electron chi connectivity index (χ0n) is 17.8. The lowest BCUT2D eigenvalue weighted by Crippen LogP contribution is -2.06. The van der Waals surface area contributed by atoms with Crippen LogP contribution < -0.4 is 0 Å². The number of carbonyl (C=O) groups excluding carboxylic acids is 1. The molecular weight excluding hydrogens is 324 g/mol. The molecule has 1 aromatic carbocycles. The minimum Gasteiger partial charge on any atom is -0.294 e. The summed E-state index contributed by atoms with van der Waals surface area (Å²) in [7, 11) is 0. The van der Waals surface area contributed by atoms with E-state index in [0.29, 0.717) is 23.7 Å². The summed E-state index contributed by atoms with van der Waals surface area (Å²) in [6, 6.07) is 4.71. The van der Waals surface area contributed by atoms with Gasteiger partial charge in [0.15, 0.2) is 5.78 Å². The number of Topliss-reactive ketones (excluding diaryl/α,β-unsaturated/α-hetero) is 1. The molecule has 0 bridgehead atoms. The Kier molecular flexibility index (Phi) is 7.99. The Bertz CT molecular complexity index is 619. The van der Waals surface area contributed by atoms with E-state index in [0.717, 1.165) is 4.91 Å². The topological polar surface area (TPSA) is 17.1 Å². The van der Waals surface area contributed by atoms with Gasteiger partial charge in [0.2, 0.25) is 0 Å². The van der Waals surface area contributed by atoms with Gasteiger partial charge in [0.05, 0.1) is 4.91 Å². The summed E-state index contributed by atoms with van der Waals surface area (Å²) in [6.07, 6.45) is 0. The number of benzene rings is 1. The third kappa shape index (κ3) is 5.48. The minimum atomic E-state index is 0.175. The second-order valence-electron chi connectivity index (χ2n) is 8.32. The fourth-order valence-corrected chi connectivity index (χ4v) is 4.37. The SMILES string of the molecule is CC(=O)/C(Sc1c(C(C)C)cc(C(C)C)cc1C(C)C)=C(\C)C(C)C. The lowest BCUT2D eigenvalue weighted by atomic mass is 9.89. The van der Waals surface area contributed by atoms with Crippen molar-refractivity contribution >= 4 is 17.5 Å². The van der Waals surface area contributed by atoms with Crippen LogP contribution in [-0.2, 0) is 4.79 Å². The van der Waals surface area contributed by atoms with Gasteiger partial charge in [-0.3, -0.25) is 4.79 Å². The predicted molar refractivity (Wildman–Crippen MR) is 113 cm³/mol. The Morgan fingerprint density at radius 1 is 0.800 bits per heavy atom. The Morgan fingerprint density at radius 3 is 1.52 bits per heavy atom. The van der Waals surface area contributed by atoms with Crippen molar-refractivity contribution in [2.24, 2.45) is 5.92 Å². The third-order valence-corrected chi connectivity index (χ3v) is 6.32. The summed E-state index contributed by atoms with van der Waals surface area (Å²) in [6.45, 7) is 21.6. The largest absolute Gasteiger partial charge is 0.294 e. The van der Waals surface area contributed by atoms with E-state index in [2.05, 4.69) is 74.4 Å². The molecule has 140 valence electrons. The van der Waals surface area contributed by atoms with Gasteiger partial charge in [-0.25, -0.2) is 0 Å². The maximum Gasteiger partial charge on any atom is 0.166 e. The van der Waals surface area contributed by atoms with Gasteiger partial charge in [-0.15, -0.1) is 0 Å². The highest BCUT2D eigenvalue weighted by Gasteiger charge is 2.21. The first-order chi connectivity index (χ1) is 11.5.